The molecule has 2 aromatic carbocycles. The summed E-state index contributed by atoms with van der Waals surface area (Å²) in [4.78, 5) is 0. The fourth-order valence-electron chi connectivity index (χ4n) is 4.06. The Morgan fingerprint density at radius 1 is 1.08 bits per heavy atom. The minimum atomic E-state index is -4.40. The van der Waals surface area contributed by atoms with E-state index in [-0.39, 0.29) is 24.7 Å². The van der Waals surface area contributed by atoms with Crippen molar-refractivity contribution in [3.05, 3.63) is 65.2 Å². The molecule has 4 atom stereocenters. The van der Waals surface area contributed by atoms with Gasteiger partial charge in [-0.2, -0.15) is 13.2 Å². The van der Waals surface area contributed by atoms with Crippen LogP contribution in [-0.2, 0) is 10.9 Å². The van der Waals surface area contributed by atoms with E-state index in [1.807, 2.05) is 30.3 Å². The van der Waals surface area contributed by atoms with E-state index in [0.29, 0.717) is 17.7 Å². The maximum atomic E-state index is 13.2. The lowest BCUT2D eigenvalue weighted by molar-refractivity contribution is -0.138. The number of benzene rings is 2. The van der Waals surface area contributed by atoms with Crippen molar-refractivity contribution in [1.29, 1.82) is 0 Å². The smallest absolute Gasteiger partial charge is 0.394 e. The standard InChI is InChI=1S/C20H20F3NO2/c21-20(22,23)13-6-9-17-16(10-13)19-15(8-7-14(11-25)26-19)18(24-17)12-4-2-1-3-5-12/h1-6,9-10,14-15,18-19,24-25H,7-8,11H2/t14?,15-,18-,19-/m0/s1. The molecule has 0 bridgehead atoms. The Balaban J connectivity index is 1.77. The number of halogens is 3. The number of hydrogen-bond donors (Lipinski definition) is 2. The molecule has 2 aliphatic heterocycles. The lowest BCUT2D eigenvalue weighted by Gasteiger charge is -2.45. The topological polar surface area (TPSA) is 41.5 Å². The zero-order valence-electron chi connectivity index (χ0n) is 14.0. The predicted octanol–water partition coefficient (Wildman–Crippen LogP) is 4.70. The highest BCUT2D eigenvalue weighted by molar-refractivity contribution is 5.58. The molecule has 138 valence electrons. The molecule has 3 nitrogen and oxygen atoms in total. The van der Waals surface area contributed by atoms with Gasteiger partial charge in [0.2, 0.25) is 0 Å². The Hall–Kier alpha value is -2.05. The van der Waals surface area contributed by atoms with Gasteiger partial charge in [-0.25, -0.2) is 0 Å². The number of anilines is 1. The van der Waals surface area contributed by atoms with Gasteiger partial charge in [-0.1, -0.05) is 30.3 Å². The average molecular weight is 363 g/mol. The first-order valence-corrected chi connectivity index (χ1v) is 8.76. The number of fused-ring (bicyclic) bond motifs is 3. The first-order chi connectivity index (χ1) is 12.5. The molecule has 1 fully saturated rings. The minimum Gasteiger partial charge on any atom is -0.394 e. The number of ether oxygens (including phenoxy) is 1. The largest absolute Gasteiger partial charge is 0.416 e. The molecule has 0 saturated carbocycles. The van der Waals surface area contributed by atoms with Crippen molar-refractivity contribution in [2.45, 2.75) is 37.3 Å². The molecular weight excluding hydrogens is 343 g/mol. The maximum absolute atomic E-state index is 13.2. The second kappa shape index (κ2) is 6.59. The van der Waals surface area contributed by atoms with Crippen molar-refractivity contribution in [3.8, 4) is 0 Å². The van der Waals surface area contributed by atoms with Crippen LogP contribution in [0.25, 0.3) is 0 Å². The van der Waals surface area contributed by atoms with Crippen LogP contribution in [0.1, 0.15) is 41.7 Å². The summed E-state index contributed by atoms with van der Waals surface area (Å²) in [7, 11) is 0. The van der Waals surface area contributed by atoms with E-state index in [4.69, 9.17) is 4.74 Å². The molecule has 0 aromatic heterocycles. The van der Waals surface area contributed by atoms with E-state index in [9.17, 15) is 18.3 Å². The van der Waals surface area contributed by atoms with Crippen LogP contribution in [0, 0.1) is 5.92 Å². The van der Waals surface area contributed by atoms with Crippen LogP contribution >= 0.6 is 0 Å². The molecule has 0 radical (unpaired) electrons. The Morgan fingerprint density at radius 3 is 2.54 bits per heavy atom. The van der Waals surface area contributed by atoms with Crippen LogP contribution in [0.5, 0.6) is 0 Å². The summed E-state index contributed by atoms with van der Waals surface area (Å²) in [6.45, 7) is -0.124. The van der Waals surface area contributed by atoms with Gasteiger partial charge in [-0.05, 0) is 36.6 Å². The van der Waals surface area contributed by atoms with Crippen molar-refractivity contribution >= 4 is 5.69 Å². The lowest BCUT2D eigenvalue weighted by atomic mass is 9.76. The van der Waals surface area contributed by atoms with Crippen LogP contribution in [0.15, 0.2) is 48.5 Å². The predicted molar refractivity (Wildman–Crippen MR) is 91.7 cm³/mol. The molecule has 0 amide bonds. The first-order valence-electron chi connectivity index (χ1n) is 8.76. The van der Waals surface area contributed by atoms with Crippen LogP contribution < -0.4 is 5.32 Å². The number of hydrogen-bond acceptors (Lipinski definition) is 3. The van der Waals surface area contributed by atoms with E-state index in [2.05, 4.69) is 5.32 Å². The third kappa shape index (κ3) is 3.08. The third-order valence-corrected chi connectivity index (χ3v) is 5.34. The van der Waals surface area contributed by atoms with Gasteiger partial charge < -0.3 is 15.2 Å². The number of aliphatic hydroxyl groups excluding tert-OH is 1. The van der Waals surface area contributed by atoms with Gasteiger partial charge in [0.1, 0.15) is 0 Å². The van der Waals surface area contributed by atoms with Crippen molar-refractivity contribution in [2.75, 3.05) is 11.9 Å². The van der Waals surface area contributed by atoms with Gasteiger partial charge in [-0.15, -0.1) is 0 Å². The third-order valence-electron chi connectivity index (χ3n) is 5.34. The van der Waals surface area contributed by atoms with Gasteiger partial charge in [0.05, 0.1) is 30.4 Å². The van der Waals surface area contributed by atoms with Crippen molar-refractivity contribution < 1.29 is 23.0 Å². The summed E-state index contributed by atoms with van der Waals surface area (Å²) >= 11 is 0. The Kier molecular flexibility index (Phi) is 4.40. The summed E-state index contributed by atoms with van der Waals surface area (Å²) < 4.78 is 45.5. The number of nitrogens with one attached hydrogen (secondary N) is 1. The van der Waals surface area contributed by atoms with Crippen molar-refractivity contribution in [2.24, 2.45) is 5.92 Å². The Morgan fingerprint density at radius 2 is 1.85 bits per heavy atom. The molecule has 2 heterocycles. The maximum Gasteiger partial charge on any atom is 0.416 e. The quantitative estimate of drug-likeness (QED) is 0.813. The van der Waals surface area contributed by atoms with Crippen molar-refractivity contribution in [3.63, 3.8) is 0 Å². The highest BCUT2D eigenvalue weighted by atomic mass is 19.4. The second-order valence-electron chi connectivity index (χ2n) is 6.93. The van der Waals surface area contributed by atoms with Crippen molar-refractivity contribution in [1.82, 2.24) is 0 Å². The number of alkyl halides is 3. The number of rotatable bonds is 2. The average Bonchev–Trinajstić information content (AvgIpc) is 2.66. The highest BCUT2D eigenvalue weighted by Crippen LogP contribution is 2.51. The fraction of sp³-hybridized carbons (Fsp3) is 0.400. The monoisotopic (exact) mass is 363 g/mol. The molecule has 6 heteroatoms. The van der Waals surface area contributed by atoms with E-state index in [1.54, 1.807) is 0 Å². The molecule has 2 N–H and O–H groups in total. The van der Waals surface area contributed by atoms with E-state index in [0.717, 1.165) is 18.1 Å². The molecule has 2 aromatic rings. The molecule has 0 aliphatic carbocycles. The van der Waals surface area contributed by atoms with Crippen LogP contribution in [0.4, 0.5) is 18.9 Å². The highest BCUT2D eigenvalue weighted by Gasteiger charge is 2.43. The zero-order valence-corrected chi connectivity index (χ0v) is 14.0. The van der Waals surface area contributed by atoms with Gasteiger partial charge in [-0.3, -0.25) is 0 Å². The van der Waals surface area contributed by atoms with E-state index < -0.39 is 17.8 Å². The molecule has 26 heavy (non-hydrogen) atoms. The second-order valence-corrected chi connectivity index (χ2v) is 6.93. The van der Waals surface area contributed by atoms with Gasteiger partial charge in [0.15, 0.2) is 0 Å². The van der Waals surface area contributed by atoms with E-state index in [1.165, 1.54) is 12.1 Å². The Labute approximate surface area is 149 Å². The first kappa shape index (κ1) is 17.4. The lowest BCUT2D eigenvalue weighted by Crippen LogP contribution is -2.40. The molecule has 1 saturated heterocycles. The summed E-state index contributed by atoms with van der Waals surface area (Å²) in [5.74, 6) is 0.0104. The van der Waals surface area contributed by atoms with E-state index >= 15 is 0 Å². The Bertz CT molecular complexity index is 778. The van der Waals surface area contributed by atoms with Gasteiger partial charge in [0.25, 0.3) is 0 Å². The molecule has 0 spiro atoms. The summed E-state index contributed by atoms with van der Waals surface area (Å²) in [5, 5.41) is 12.9. The fourth-order valence-corrected chi connectivity index (χ4v) is 4.06. The number of aliphatic hydroxyl groups is 1. The van der Waals surface area contributed by atoms with Gasteiger partial charge in [0, 0.05) is 17.2 Å². The summed E-state index contributed by atoms with van der Waals surface area (Å²) in [6, 6.07) is 13.6. The zero-order chi connectivity index (χ0) is 18.3. The summed E-state index contributed by atoms with van der Waals surface area (Å²) in [6.07, 6.45) is -3.74. The minimum absolute atomic E-state index is 0.0104. The van der Waals surface area contributed by atoms with Crippen LogP contribution in [0.2, 0.25) is 0 Å². The normalized spacial score (nSPS) is 28.0. The molecule has 4 rings (SSSR count). The molecule has 1 unspecified atom stereocenters. The molecule has 2 aliphatic rings. The van der Waals surface area contributed by atoms with Crippen LogP contribution in [-0.4, -0.2) is 17.8 Å². The SMILES string of the molecule is OCC1CC[C@@H]2[C@H](O1)c1cc(C(F)(F)F)ccc1N[C@H]2c1ccccc1. The van der Waals surface area contributed by atoms with Crippen LogP contribution in [0.3, 0.4) is 0 Å². The summed E-state index contributed by atoms with van der Waals surface area (Å²) in [5.41, 5.74) is 1.59. The molecular formula is C20H20F3NO2. The van der Waals surface area contributed by atoms with Gasteiger partial charge >= 0.3 is 6.18 Å².